The highest BCUT2D eigenvalue weighted by Gasteiger charge is 2.15. The Balaban J connectivity index is 1.44. The number of carbonyl (C=O) groups is 1. The van der Waals surface area contributed by atoms with Gasteiger partial charge in [0.2, 0.25) is 5.95 Å². The number of carbonyl (C=O) groups excluding carboxylic acids is 1. The van der Waals surface area contributed by atoms with Crippen LogP contribution in [0, 0.1) is 13.8 Å². The molecule has 150 valence electrons. The quantitative estimate of drug-likeness (QED) is 0.676. The molecule has 0 atom stereocenters. The molecule has 8 heteroatoms. The van der Waals surface area contributed by atoms with Crippen molar-refractivity contribution in [3.05, 3.63) is 53.5 Å². The highest BCUT2D eigenvalue weighted by Crippen LogP contribution is 2.22. The van der Waals surface area contributed by atoms with E-state index in [4.69, 9.17) is 4.52 Å². The lowest BCUT2D eigenvalue weighted by Crippen LogP contribution is -2.31. The summed E-state index contributed by atoms with van der Waals surface area (Å²) in [6, 6.07) is 9.39. The number of piperidine rings is 1. The third-order valence-corrected chi connectivity index (χ3v) is 4.89. The molecular weight excluding hydrogens is 368 g/mol. The van der Waals surface area contributed by atoms with Crippen LogP contribution in [0.25, 0.3) is 0 Å². The van der Waals surface area contributed by atoms with Crippen molar-refractivity contribution in [2.24, 2.45) is 0 Å². The normalized spacial score (nSPS) is 13.9. The van der Waals surface area contributed by atoms with E-state index in [0.29, 0.717) is 17.0 Å². The van der Waals surface area contributed by atoms with Gasteiger partial charge in [-0.25, -0.2) is 4.98 Å². The molecule has 1 amide bonds. The number of hydrogen-bond donors (Lipinski definition) is 2. The molecular formula is C21H24N6O2. The molecule has 1 saturated heterocycles. The van der Waals surface area contributed by atoms with Crippen LogP contribution in [0.1, 0.15) is 41.1 Å². The van der Waals surface area contributed by atoms with Crippen LogP contribution in [0.5, 0.6) is 0 Å². The lowest BCUT2D eigenvalue weighted by molar-refractivity contribution is 0.102. The third kappa shape index (κ3) is 4.53. The SMILES string of the molecule is Cc1cc(Nc2ccc(NC(=O)c3cnoc3C)cc2)nc(N2CCCCC2)n1. The van der Waals surface area contributed by atoms with E-state index in [2.05, 4.69) is 30.7 Å². The lowest BCUT2D eigenvalue weighted by atomic mass is 10.1. The average Bonchev–Trinajstić information content (AvgIpc) is 3.16. The smallest absolute Gasteiger partial charge is 0.260 e. The van der Waals surface area contributed by atoms with Gasteiger partial charge in [-0.05, 0) is 57.4 Å². The minimum atomic E-state index is -0.248. The Morgan fingerprint density at radius 3 is 2.45 bits per heavy atom. The summed E-state index contributed by atoms with van der Waals surface area (Å²) in [5.74, 6) is 1.78. The minimum Gasteiger partial charge on any atom is -0.361 e. The molecule has 0 spiro atoms. The van der Waals surface area contributed by atoms with Crippen molar-refractivity contribution in [3.8, 4) is 0 Å². The maximum atomic E-state index is 12.2. The van der Waals surface area contributed by atoms with Gasteiger partial charge in [0.05, 0.1) is 6.20 Å². The molecule has 0 bridgehead atoms. The summed E-state index contributed by atoms with van der Waals surface area (Å²) in [7, 11) is 0. The molecule has 29 heavy (non-hydrogen) atoms. The van der Waals surface area contributed by atoms with E-state index in [1.54, 1.807) is 6.92 Å². The van der Waals surface area contributed by atoms with Gasteiger partial charge < -0.3 is 20.1 Å². The standard InChI is InChI=1S/C21H24N6O2/c1-14-12-19(26-21(23-14)27-10-4-3-5-11-27)24-16-6-8-17(9-7-16)25-20(28)18-13-22-29-15(18)2/h6-9,12-13H,3-5,10-11H2,1-2H3,(H,25,28)(H,23,24,26). The van der Waals surface area contributed by atoms with Gasteiger partial charge >= 0.3 is 0 Å². The Morgan fingerprint density at radius 2 is 1.76 bits per heavy atom. The highest BCUT2D eigenvalue weighted by atomic mass is 16.5. The fourth-order valence-corrected chi connectivity index (χ4v) is 3.35. The number of rotatable bonds is 5. The van der Waals surface area contributed by atoms with Crippen LogP contribution >= 0.6 is 0 Å². The zero-order chi connectivity index (χ0) is 20.2. The van der Waals surface area contributed by atoms with Crippen molar-refractivity contribution in [2.45, 2.75) is 33.1 Å². The zero-order valence-electron chi connectivity index (χ0n) is 16.6. The molecule has 2 N–H and O–H groups in total. The monoisotopic (exact) mass is 392 g/mol. The number of aromatic nitrogens is 3. The zero-order valence-corrected chi connectivity index (χ0v) is 16.6. The lowest BCUT2D eigenvalue weighted by Gasteiger charge is -2.27. The third-order valence-electron chi connectivity index (χ3n) is 4.89. The predicted molar refractivity (Wildman–Crippen MR) is 112 cm³/mol. The first-order valence-electron chi connectivity index (χ1n) is 9.79. The number of benzene rings is 1. The molecule has 0 unspecified atom stereocenters. The van der Waals surface area contributed by atoms with Crippen molar-refractivity contribution in [2.75, 3.05) is 28.6 Å². The van der Waals surface area contributed by atoms with Crippen molar-refractivity contribution >= 4 is 29.0 Å². The number of hydrogen-bond acceptors (Lipinski definition) is 7. The van der Waals surface area contributed by atoms with E-state index in [1.165, 1.54) is 25.5 Å². The summed E-state index contributed by atoms with van der Waals surface area (Å²) in [5, 5.41) is 9.80. The van der Waals surface area contributed by atoms with Crippen LogP contribution in [0.3, 0.4) is 0 Å². The molecule has 2 aromatic heterocycles. The first-order valence-corrected chi connectivity index (χ1v) is 9.79. The minimum absolute atomic E-state index is 0.248. The number of nitrogens with one attached hydrogen (secondary N) is 2. The van der Waals surface area contributed by atoms with Crippen molar-refractivity contribution in [1.29, 1.82) is 0 Å². The van der Waals surface area contributed by atoms with Crippen molar-refractivity contribution in [1.82, 2.24) is 15.1 Å². The van der Waals surface area contributed by atoms with Crippen LogP contribution < -0.4 is 15.5 Å². The van der Waals surface area contributed by atoms with Gasteiger partial charge in [-0.3, -0.25) is 4.79 Å². The average molecular weight is 392 g/mol. The number of anilines is 4. The van der Waals surface area contributed by atoms with Crippen molar-refractivity contribution < 1.29 is 9.32 Å². The Morgan fingerprint density at radius 1 is 1.03 bits per heavy atom. The Bertz CT molecular complexity index is 993. The Hall–Kier alpha value is -3.42. The van der Waals surface area contributed by atoms with E-state index < -0.39 is 0 Å². The van der Waals surface area contributed by atoms with Crippen LogP contribution in [0.2, 0.25) is 0 Å². The molecule has 1 fully saturated rings. The van der Waals surface area contributed by atoms with E-state index in [0.717, 1.165) is 36.2 Å². The maximum absolute atomic E-state index is 12.2. The summed E-state index contributed by atoms with van der Waals surface area (Å²) < 4.78 is 4.94. The summed E-state index contributed by atoms with van der Waals surface area (Å²) in [5.41, 5.74) is 2.92. The fourth-order valence-electron chi connectivity index (χ4n) is 3.35. The number of nitrogens with zero attached hydrogens (tertiary/aromatic N) is 4. The summed E-state index contributed by atoms with van der Waals surface area (Å²) in [4.78, 5) is 23.8. The van der Waals surface area contributed by atoms with Gasteiger partial charge in [-0.15, -0.1) is 0 Å². The van der Waals surface area contributed by atoms with Crippen LogP contribution in [0.15, 0.2) is 41.1 Å². The van der Waals surface area contributed by atoms with Crippen LogP contribution in [-0.4, -0.2) is 34.1 Å². The summed E-state index contributed by atoms with van der Waals surface area (Å²) in [6.07, 6.45) is 5.05. The van der Waals surface area contributed by atoms with Crippen LogP contribution in [0.4, 0.5) is 23.1 Å². The second-order valence-corrected chi connectivity index (χ2v) is 7.19. The molecule has 0 saturated carbocycles. The molecule has 0 aliphatic carbocycles. The Kier molecular flexibility index (Phi) is 5.41. The van der Waals surface area contributed by atoms with Crippen LogP contribution in [-0.2, 0) is 0 Å². The molecule has 3 heterocycles. The molecule has 4 rings (SSSR count). The molecule has 1 aromatic carbocycles. The predicted octanol–water partition coefficient (Wildman–Crippen LogP) is 4.07. The first kappa shape index (κ1) is 18.9. The second kappa shape index (κ2) is 8.30. The summed E-state index contributed by atoms with van der Waals surface area (Å²) in [6.45, 7) is 5.69. The van der Waals surface area contributed by atoms with E-state index >= 15 is 0 Å². The molecule has 1 aliphatic heterocycles. The molecule has 8 nitrogen and oxygen atoms in total. The molecule has 3 aromatic rings. The number of aryl methyl sites for hydroxylation is 2. The largest absolute Gasteiger partial charge is 0.361 e. The van der Waals surface area contributed by atoms with E-state index in [-0.39, 0.29) is 5.91 Å². The van der Waals surface area contributed by atoms with Gasteiger partial charge in [0.1, 0.15) is 17.1 Å². The van der Waals surface area contributed by atoms with Gasteiger partial charge in [-0.2, -0.15) is 4.98 Å². The van der Waals surface area contributed by atoms with Crippen molar-refractivity contribution in [3.63, 3.8) is 0 Å². The van der Waals surface area contributed by atoms with Gasteiger partial charge in [0.25, 0.3) is 5.91 Å². The van der Waals surface area contributed by atoms with Gasteiger partial charge in [-0.1, -0.05) is 5.16 Å². The van der Waals surface area contributed by atoms with E-state index in [9.17, 15) is 4.79 Å². The highest BCUT2D eigenvalue weighted by molar-refractivity contribution is 6.04. The summed E-state index contributed by atoms with van der Waals surface area (Å²) >= 11 is 0. The van der Waals surface area contributed by atoms with Gasteiger partial charge in [0, 0.05) is 36.2 Å². The fraction of sp³-hybridized carbons (Fsp3) is 0.333. The maximum Gasteiger partial charge on any atom is 0.260 e. The van der Waals surface area contributed by atoms with Gasteiger partial charge in [0.15, 0.2) is 0 Å². The first-order chi connectivity index (χ1) is 14.1. The molecule has 0 radical (unpaired) electrons. The van der Waals surface area contributed by atoms with E-state index in [1.807, 2.05) is 37.3 Å². The molecule has 1 aliphatic rings. The topological polar surface area (TPSA) is 96.2 Å². The number of amides is 1. The Labute approximate surface area is 169 Å². The second-order valence-electron chi connectivity index (χ2n) is 7.19.